The minimum atomic E-state index is -4.53. The van der Waals surface area contributed by atoms with Gasteiger partial charge < -0.3 is 16.0 Å². The van der Waals surface area contributed by atoms with Crippen LogP contribution in [-0.4, -0.2) is 47.4 Å². The van der Waals surface area contributed by atoms with Crippen LogP contribution in [0.15, 0.2) is 36.5 Å². The highest BCUT2D eigenvalue weighted by Crippen LogP contribution is 2.32. The van der Waals surface area contributed by atoms with E-state index in [1.54, 1.807) is 24.3 Å². The molecule has 1 aliphatic rings. The lowest BCUT2D eigenvalue weighted by Gasteiger charge is -2.13. The Labute approximate surface area is 179 Å². The minimum absolute atomic E-state index is 0.0272. The standard InChI is InChI=1S/C19H17ClF3N5O3/c20-14-7-13(19(21,22)23)8-26-16(14)24-5-6-25-17(30)12-3-1-11(2-4-12)10-28-15(29)9-27-18(28)31/h1-4,7-8H,5-6,9-10H2,(H,24,26)(H,25,30)(H,27,31). The van der Waals surface area contributed by atoms with E-state index < -0.39 is 17.8 Å². The van der Waals surface area contributed by atoms with Crippen molar-refractivity contribution in [1.82, 2.24) is 20.5 Å². The Balaban J connectivity index is 1.47. The first-order chi connectivity index (χ1) is 14.6. The summed E-state index contributed by atoms with van der Waals surface area (Å²) in [4.78, 5) is 40.1. The Morgan fingerprint density at radius 2 is 1.90 bits per heavy atom. The van der Waals surface area contributed by atoms with E-state index in [4.69, 9.17) is 11.6 Å². The Kier molecular flexibility index (Phi) is 6.64. The van der Waals surface area contributed by atoms with Crippen LogP contribution >= 0.6 is 11.6 Å². The van der Waals surface area contributed by atoms with Gasteiger partial charge in [-0.25, -0.2) is 9.78 Å². The zero-order valence-corrected chi connectivity index (χ0v) is 16.7. The van der Waals surface area contributed by atoms with Crippen LogP contribution in [0.25, 0.3) is 0 Å². The maximum atomic E-state index is 12.6. The van der Waals surface area contributed by atoms with Crippen molar-refractivity contribution in [1.29, 1.82) is 0 Å². The highest BCUT2D eigenvalue weighted by Gasteiger charge is 2.31. The van der Waals surface area contributed by atoms with E-state index in [-0.39, 0.29) is 48.8 Å². The Bertz CT molecular complexity index is 982. The minimum Gasteiger partial charge on any atom is -0.367 e. The summed E-state index contributed by atoms with van der Waals surface area (Å²) in [6.45, 7) is 0.439. The molecule has 12 heteroatoms. The van der Waals surface area contributed by atoms with E-state index in [2.05, 4.69) is 20.9 Å². The van der Waals surface area contributed by atoms with Crippen molar-refractivity contribution in [2.24, 2.45) is 0 Å². The summed E-state index contributed by atoms with van der Waals surface area (Å²) in [6.07, 6.45) is -3.86. The van der Waals surface area contributed by atoms with Crippen molar-refractivity contribution < 1.29 is 27.6 Å². The summed E-state index contributed by atoms with van der Waals surface area (Å²) in [5.41, 5.74) is 0.104. The normalized spacial score (nSPS) is 13.9. The second kappa shape index (κ2) is 9.21. The number of hydrogen-bond acceptors (Lipinski definition) is 5. The number of pyridine rings is 1. The van der Waals surface area contributed by atoms with Crippen molar-refractivity contribution in [3.8, 4) is 0 Å². The average Bonchev–Trinajstić information content (AvgIpc) is 3.03. The third kappa shape index (κ3) is 5.63. The molecule has 1 aliphatic heterocycles. The first kappa shape index (κ1) is 22.3. The van der Waals surface area contributed by atoms with E-state index in [1.165, 1.54) is 0 Å². The molecule has 0 radical (unpaired) electrons. The number of hydrogen-bond donors (Lipinski definition) is 3. The van der Waals surface area contributed by atoms with Gasteiger partial charge in [0.25, 0.3) is 5.91 Å². The molecular formula is C19H17ClF3N5O3. The van der Waals surface area contributed by atoms with Crippen LogP contribution in [0.4, 0.5) is 23.8 Å². The topological polar surface area (TPSA) is 103 Å². The second-order valence-electron chi connectivity index (χ2n) is 6.57. The van der Waals surface area contributed by atoms with Gasteiger partial charge in [0.05, 0.1) is 23.7 Å². The molecule has 4 amide bonds. The number of carbonyl (C=O) groups excluding carboxylic acids is 3. The number of alkyl halides is 3. The van der Waals surface area contributed by atoms with Gasteiger partial charge in [0, 0.05) is 24.8 Å². The third-order valence-corrected chi connectivity index (χ3v) is 4.65. The maximum absolute atomic E-state index is 12.6. The molecule has 0 aliphatic carbocycles. The van der Waals surface area contributed by atoms with Gasteiger partial charge in [-0.1, -0.05) is 23.7 Å². The quantitative estimate of drug-likeness (QED) is 0.440. The molecule has 0 bridgehead atoms. The number of imide groups is 1. The lowest BCUT2D eigenvalue weighted by atomic mass is 10.1. The molecule has 1 saturated heterocycles. The fraction of sp³-hybridized carbons (Fsp3) is 0.263. The van der Waals surface area contributed by atoms with Gasteiger partial charge in [-0.3, -0.25) is 14.5 Å². The van der Waals surface area contributed by atoms with Crippen LogP contribution in [0.1, 0.15) is 21.5 Å². The van der Waals surface area contributed by atoms with Crippen molar-refractivity contribution in [3.63, 3.8) is 0 Å². The molecule has 0 saturated carbocycles. The lowest BCUT2D eigenvalue weighted by molar-refractivity contribution is -0.137. The van der Waals surface area contributed by atoms with E-state index in [9.17, 15) is 27.6 Å². The van der Waals surface area contributed by atoms with Crippen LogP contribution in [0.2, 0.25) is 5.02 Å². The van der Waals surface area contributed by atoms with Crippen molar-refractivity contribution in [2.45, 2.75) is 12.7 Å². The second-order valence-corrected chi connectivity index (χ2v) is 6.98. The number of aromatic nitrogens is 1. The van der Waals surface area contributed by atoms with E-state index in [0.29, 0.717) is 17.3 Å². The fourth-order valence-electron chi connectivity index (χ4n) is 2.74. The van der Waals surface area contributed by atoms with Gasteiger partial charge in [0.2, 0.25) is 5.91 Å². The smallest absolute Gasteiger partial charge is 0.367 e. The number of urea groups is 1. The van der Waals surface area contributed by atoms with Crippen molar-refractivity contribution in [2.75, 3.05) is 25.0 Å². The number of benzene rings is 1. The van der Waals surface area contributed by atoms with Gasteiger partial charge in [0.15, 0.2) is 0 Å². The molecular weight excluding hydrogens is 439 g/mol. The first-order valence-corrected chi connectivity index (χ1v) is 9.45. The van der Waals surface area contributed by atoms with Crippen molar-refractivity contribution >= 4 is 35.3 Å². The number of anilines is 1. The monoisotopic (exact) mass is 455 g/mol. The Morgan fingerprint density at radius 3 is 2.48 bits per heavy atom. The van der Waals surface area contributed by atoms with E-state index in [0.717, 1.165) is 11.0 Å². The highest BCUT2D eigenvalue weighted by atomic mass is 35.5. The molecule has 31 heavy (non-hydrogen) atoms. The lowest BCUT2D eigenvalue weighted by Crippen LogP contribution is -2.30. The highest BCUT2D eigenvalue weighted by molar-refractivity contribution is 6.32. The summed E-state index contributed by atoms with van der Waals surface area (Å²) in [5, 5.41) is 7.65. The zero-order chi connectivity index (χ0) is 22.6. The molecule has 2 heterocycles. The molecule has 2 aromatic rings. The third-order valence-electron chi connectivity index (χ3n) is 4.37. The van der Waals surface area contributed by atoms with Gasteiger partial charge in [-0.2, -0.15) is 13.2 Å². The molecule has 8 nitrogen and oxygen atoms in total. The van der Waals surface area contributed by atoms with E-state index >= 15 is 0 Å². The molecule has 3 rings (SSSR count). The van der Waals surface area contributed by atoms with Gasteiger partial charge in [0.1, 0.15) is 5.82 Å². The average molecular weight is 456 g/mol. The summed E-state index contributed by atoms with van der Waals surface area (Å²) >= 11 is 5.80. The number of nitrogens with one attached hydrogen (secondary N) is 3. The van der Waals surface area contributed by atoms with E-state index in [1.807, 2.05) is 0 Å². The summed E-state index contributed by atoms with van der Waals surface area (Å²) < 4.78 is 37.8. The maximum Gasteiger partial charge on any atom is 0.417 e. The summed E-state index contributed by atoms with van der Waals surface area (Å²) in [7, 11) is 0. The van der Waals surface area contributed by atoms with Gasteiger partial charge in [-0.05, 0) is 23.8 Å². The molecule has 0 atom stereocenters. The Morgan fingerprint density at radius 1 is 1.19 bits per heavy atom. The molecule has 1 aromatic heterocycles. The number of halogens is 4. The van der Waals surface area contributed by atoms with Gasteiger partial charge >= 0.3 is 12.2 Å². The first-order valence-electron chi connectivity index (χ1n) is 9.07. The fourth-order valence-corrected chi connectivity index (χ4v) is 2.97. The number of amides is 4. The van der Waals surface area contributed by atoms with Crippen LogP contribution in [-0.2, 0) is 17.5 Å². The largest absolute Gasteiger partial charge is 0.417 e. The zero-order valence-electron chi connectivity index (χ0n) is 15.9. The predicted octanol–water partition coefficient (Wildman–Crippen LogP) is 2.65. The SMILES string of the molecule is O=C(NCCNc1ncc(C(F)(F)F)cc1Cl)c1ccc(CN2C(=O)CNC2=O)cc1. The number of rotatable bonds is 7. The molecule has 164 valence electrons. The Hall–Kier alpha value is -3.34. The number of carbonyl (C=O) groups is 3. The molecule has 0 unspecified atom stereocenters. The van der Waals surface area contributed by atoms with Crippen LogP contribution in [0, 0.1) is 0 Å². The predicted molar refractivity (Wildman–Crippen MR) is 105 cm³/mol. The molecule has 1 fully saturated rings. The molecule has 3 N–H and O–H groups in total. The van der Waals surface area contributed by atoms with Crippen molar-refractivity contribution in [3.05, 3.63) is 58.2 Å². The summed E-state index contributed by atoms with van der Waals surface area (Å²) in [6, 6.07) is 6.71. The molecule has 0 spiro atoms. The van der Waals surface area contributed by atoms with Crippen LogP contribution < -0.4 is 16.0 Å². The molecule has 1 aromatic carbocycles. The van der Waals surface area contributed by atoms with Gasteiger partial charge in [-0.15, -0.1) is 0 Å². The van der Waals surface area contributed by atoms with Crippen LogP contribution in [0.5, 0.6) is 0 Å². The van der Waals surface area contributed by atoms with Crippen LogP contribution in [0.3, 0.4) is 0 Å². The number of nitrogens with zero attached hydrogens (tertiary/aromatic N) is 2. The summed E-state index contributed by atoms with van der Waals surface area (Å²) in [5.74, 6) is -0.606.